The van der Waals surface area contributed by atoms with Gasteiger partial charge in [0.1, 0.15) is 6.61 Å². The fourth-order valence-electron chi connectivity index (χ4n) is 2.22. The van der Waals surface area contributed by atoms with E-state index >= 15 is 0 Å². The van der Waals surface area contributed by atoms with Gasteiger partial charge in [-0.3, -0.25) is 4.79 Å². The van der Waals surface area contributed by atoms with Gasteiger partial charge in [-0.15, -0.1) is 0 Å². The minimum atomic E-state index is -1.13. The van der Waals surface area contributed by atoms with Crippen molar-refractivity contribution < 1.29 is 19.1 Å². The van der Waals surface area contributed by atoms with E-state index in [-0.39, 0.29) is 19.1 Å². The van der Waals surface area contributed by atoms with Gasteiger partial charge < -0.3 is 14.4 Å². The molecule has 1 amide bonds. The average Bonchev–Trinajstić information content (AvgIpc) is 2.52. The molecule has 1 saturated heterocycles. The van der Waals surface area contributed by atoms with Crippen LogP contribution in [0.1, 0.15) is 17.3 Å². The van der Waals surface area contributed by atoms with Crippen LogP contribution in [-0.2, 0) is 14.3 Å². The Morgan fingerprint density at radius 1 is 1.43 bits per heavy atom. The Bertz CT molecular complexity index is 528. The number of benzene rings is 1. The number of hydrogen-bond donors (Lipinski definition) is 0. The SMILES string of the molecule is C=CCOC(=O)C1(C)CN(C(=O)c2ccccc2)CCO1. The third-order valence-corrected chi connectivity index (χ3v) is 3.35. The average molecular weight is 289 g/mol. The molecule has 5 nitrogen and oxygen atoms in total. The van der Waals surface area contributed by atoms with Crippen molar-refractivity contribution in [2.75, 3.05) is 26.3 Å². The van der Waals surface area contributed by atoms with Crippen molar-refractivity contribution in [3.63, 3.8) is 0 Å². The summed E-state index contributed by atoms with van der Waals surface area (Å²) in [5.41, 5.74) is -0.535. The number of morpholine rings is 1. The topological polar surface area (TPSA) is 55.8 Å². The quantitative estimate of drug-likeness (QED) is 0.624. The molecule has 0 saturated carbocycles. The molecule has 0 aromatic heterocycles. The molecular weight excluding hydrogens is 270 g/mol. The summed E-state index contributed by atoms with van der Waals surface area (Å²) in [6.07, 6.45) is 1.50. The number of carbonyl (C=O) groups excluding carboxylic acids is 2. The fraction of sp³-hybridized carbons (Fsp3) is 0.375. The van der Waals surface area contributed by atoms with Crippen molar-refractivity contribution in [2.24, 2.45) is 0 Å². The van der Waals surface area contributed by atoms with E-state index in [4.69, 9.17) is 9.47 Å². The smallest absolute Gasteiger partial charge is 0.340 e. The van der Waals surface area contributed by atoms with Crippen molar-refractivity contribution in [1.82, 2.24) is 4.90 Å². The summed E-state index contributed by atoms with van der Waals surface area (Å²) in [4.78, 5) is 26.1. The van der Waals surface area contributed by atoms with Crippen LogP contribution in [0.5, 0.6) is 0 Å². The second-order valence-electron chi connectivity index (χ2n) is 5.06. The summed E-state index contributed by atoms with van der Waals surface area (Å²) in [7, 11) is 0. The zero-order valence-corrected chi connectivity index (χ0v) is 12.1. The minimum Gasteiger partial charge on any atom is -0.459 e. The second-order valence-corrected chi connectivity index (χ2v) is 5.06. The molecule has 112 valence electrons. The van der Waals surface area contributed by atoms with E-state index in [1.54, 1.807) is 24.0 Å². The van der Waals surface area contributed by atoms with Gasteiger partial charge in [-0.05, 0) is 19.1 Å². The molecule has 1 aliphatic heterocycles. The Kier molecular flexibility index (Phi) is 4.75. The maximum atomic E-state index is 12.4. The number of nitrogens with zero attached hydrogens (tertiary/aromatic N) is 1. The first kappa shape index (κ1) is 15.3. The maximum Gasteiger partial charge on any atom is 0.340 e. The van der Waals surface area contributed by atoms with Gasteiger partial charge in [0, 0.05) is 12.1 Å². The van der Waals surface area contributed by atoms with Crippen molar-refractivity contribution in [3.8, 4) is 0 Å². The predicted molar refractivity (Wildman–Crippen MR) is 77.9 cm³/mol. The molecular formula is C16H19NO4. The summed E-state index contributed by atoms with van der Waals surface area (Å²) in [5, 5.41) is 0. The van der Waals surface area contributed by atoms with Crippen molar-refractivity contribution >= 4 is 11.9 Å². The Morgan fingerprint density at radius 3 is 2.81 bits per heavy atom. The summed E-state index contributed by atoms with van der Waals surface area (Å²) in [5.74, 6) is -0.588. The fourth-order valence-corrected chi connectivity index (χ4v) is 2.22. The number of amides is 1. The number of ether oxygens (including phenoxy) is 2. The molecule has 21 heavy (non-hydrogen) atoms. The Balaban J connectivity index is 2.08. The van der Waals surface area contributed by atoms with Crippen LogP contribution in [0.25, 0.3) is 0 Å². The van der Waals surface area contributed by atoms with E-state index in [1.165, 1.54) is 6.08 Å². The van der Waals surface area contributed by atoms with E-state index < -0.39 is 11.6 Å². The summed E-state index contributed by atoms with van der Waals surface area (Å²) in [6.45, 7) is 6.21. The van der Waals surface area contributed by atoms with Gasteiger partial charge in [0.25, 0.3) is 5.91 Å². The standard InChI is InChI=1S/C16H19NO4/c1-3-10-20-15(19)16(2)12-17(9-11-21-16)14(18)13-7-5-4-6-8-13/h3-8H,1,9-12H2,2H3. The molecule has 1 unspecified atom stereocenters. The molecule has 0 bridgehead atoms. The molecule has 0 spiro atoms. The highest BCUT2D eigenvalue weighted by molar-refractivity contribution is 5.95. The Morgan fingerprint density at radius 2 is 2.14 bits per heavy atom. The van der Waals surface area contributed by atoms with Crippen molar-refractivity contribution in [2.45, 2.75) is 12.5 Å². The van der Waals surface area contributed by atoms with Gasteiger partial charge in [0.05, 0.1) is 13.2 Å². The highest BCUT2D eigenvalue weighted by Gasteiger charge is 2.42. The molecule has 1 aromatic rings. The normalized spacial score (nSPS) is 21.7. The van der Waals surface area contributed by atoms with Crippen LogP contribution in [0.15, 0.2) is 43.0 Å². The summed E-state index contributed by atoms with van der Waals surface area (Å²) in [6, 6.07) is 8.99. The highest BCUT2D eigenvalue weighted by Crippen LogP contribution is 2.21. The lowest BCUT2D eigenvalue weighted by atomic mass is 10.0. The maximum absolute atomic E-state index is 12.4. The highest BCUT2D eigenvalue weighted by atomic mass is 16.6. The van der Waals surface area contributed by atoms with E-state index in [2.05, 4.69) is 6.58 Å². The molecule has 0 N–H and O–H groups in total. The van der Waals surface area contributed by atoms with Gasteiger partial charge >= 0.3 is 5.97 Å². The number of esters is 1. The minimum absolute atomic E-state index is 0.110. The van der Waals surface area contributed by atoms with Crippen LogP contribution in [-0.4, -0.2) is 48.7 Å². The van der Waals surface area contributed by atoms with Crippen molar-refractivity contribution in [1.29, 1.82) is 0 Å². The van der Waals surface area contributed by atoms with Gasteiger partial charge in [0.15, 0.2) is 5.60 Å². The number of carbonyl (C=O) groups is 2. The lowest BCUT2D eigenvalue weighted by Crippen LogP contribution is -2.56. The van der Waals surface area contributed by atoms with Crippen molar-refractivity contribution in [3.05, 3.63) is 48.6 Å². The summed E-state index contributed by atoms with van der Waals surface area (Å²) >= 11 is 0. The molecule has 1 aliphatic rings. The Labute approximate surface area is 124 Å². The Hall–Kier alpha value is -2.14. The zero-order valence-electron chi connectivity index (χ0n) is 12.1. The van der Waals surface area contributed by atoms with Crippen LogP contribution >= 0.6 is 0 Å². The largest absolute Gasteiger partial charge is 0.459 e. The molecule has 1 atom stereocenters. The zero-order chi connectivity index (χ0) is 15.3. The van der Waals surface area contributed by atoms with Crippen LogP contribution in [0, 0.1) is 0 Å². The first-order chi connectivity index (χ1) is 10.1. The third kappa shape index (κ3) is 3.49. The number of rotatable bonds is 4. The summed E-state index contributed by atoms with van der Waals surface area (Å²) < 4.78 is 10.6. The predicted octanol–water partition coefficient (Wildman–Crippen LogP) is 1.65. The number of hydrogen-bond acceptors (Lipinski definition) is 4. The van der Waals surface area contributed by atoms with E-state index in [1.807, 2.05) is 18.2 Å². The van der Waals surface area contributed by atoms with Gasteiger partial charge in [-0.2, -0.15) is 0 Å². The molecule has 0 radical (unpaired) electrons. The molecule has 0 aliphatic carbocycles. The monoisotopic (exact) mass is 289 g/mol. The third-order valence-electron chi connectivity index (χ3n) is 3.35. The van der Waals surface area contributed by atoms with Crippen LogP contribution < -0.4 is 0 Å². The lowest BCUT2D eigenvalue weighted by Gasteiger charge is -2.38. The molecule has 1 fully saturated rings. The van der Waals surface area contributed by atoms with Gasteiger partial charge in [-0.25, -0.2) is 4.79 Å². The molecule has 1 aromatic carbocycles. The molecule has 5 heteroatoms. The van der Waals surface area contributed by atoms with E-state index in [0.717, 1.165) is 0 Å². The van der Waals surface area contributed by atoms with Crippen LogP contribution in [0.4, 0.5) is 0 Å². The van der Waals surface area contributed by atoms with Gasteiger partial charge in [-0.1, -0.05) is 30.9 Å². The van der Waals surface area contributed by atoms with E-state index in [9.17, 15) is 9.59 Å². The molecule has 2 rings (SSSR count). The molecule has 1 heterocycles. The van der Waals surface area contributed by atoms with Gasteiger partial charge in [0.2, 0.25) is 0 Å². The lowest BCUT2D eigenvalue weighted by molar-refractivity contribution is -0.177. The van der Waals surface area contributed by atoms with Crippen LogP contribution in [0.2, 0.25) is 0 Å². The first-order valence-corrected chi connectivity index (χ1v) is 6.83. The van der Waals surface area contributed by atoms with E-state index in [0.29, 0.717) is 18.7 Å². The first-order valence-electron chi connectivity index (χ1n) is 6.83. The second kappa shape index (κ2) is 6.54. The van der Waals surface area contributed by atoms with Crippen LogP contribution in [0.3, 0.4) is 0 Å².